The van der Waals surface area contributed by atoms with Gasteiger partial charge in [-0.05, 0) is 50.4 Å². The average molecular weight is 219 g/mol. The van der Waals surface area contributed by atoms with Gasteiger partial charge in [0.15, 0.2) is 0 Å². The SMILES string of the molecule is CNC(C)Cc1ccc2cc(C)sc2c1. The fraction of sp³-hybridized carbons (Fsp3) is 0.385. The molecule has 0 bridgehead atoms. The monoisotopic (exact) mass is 219 g/mol. The number of hydrogen-bond acceptors (Lipinski definition) is 2. The molecule has 0 spiro atoms. The maximum absolute atomic E-state index is 3.27. The Morgan fingerprint density at radius 1 is 1.33 bits per heavy atom. The van der Waals surface area contributed by atoms with Crippen molar-refractivity contribution >= 4 is 21.4 Å². The molecular weight excluding hydrogens is 202 g/mol. The summed E-state index contributed by atoms with van der Waals surface area (Å²) >= 11 is 1.88. The maximum atomic E-state index is 3.27. The van der Waals surface area contributed by atoms with Gasteiger partial charge in [-0.25, -0.2) is 0 Å². The Kier molecular flexibility index (Phi) is 3.08. The molecule has 2 heteroatoms. The fourth-order valence-corrected chi connectivity index (χ4v) is 2.78. The smallest absolute Gasteiger partial charge is 0.0348 e. The van der Waals surface area contributed by atoms with Gasteiger partial charge in [-0.1, -0.05) is 12.1 Å². The predicted octanol–water partition coefficient (Wildman–Crippen LogP) is 3.36. The molecule has 0 saturated carbocycles. The molecule has 1 N–H and O–H groups in total. The van der Waals surface area contributed by atoms with Crippen LogP contribution in [0.2, 0.25) is 0 Å². The third kappa shape index (κ3) is 2.39. The van der Waals surface area contributed by atoms with Gasteiger partial charge in [0.25, 0.3) is 0 Å². The van der Waals surface area contributed by atoms with Crippen molar-refractivity contribution in [2.75, 3.05) is 7.05 Å². The van der Waals surface area contributed by atoms with Crippen LogP contribution in [0.1, 0.15) is 17.4 Å². The highest BCUT2D eigenvalue weighted by atomic mass is 32.1. The van der Waals surface area contributed by atoms with Crippen LogP contribution in [0.25, 0.3) is 10.1 Å². The lowest BCUT2D eigenvalue weighted by Crippen LogP contribution is -2.23. The van der Waals surface area contributed by atoms with E-state index >= 15 is 0 Å². The van der Waals surface area contributed by atoms with E-state index < -0.39 is 0 Å². The fourth-order valence-electron chi connectivity index (χ4n) is 1.79. The first-order valence-corrected chi connectivity index (χ1v) is 6.17. The number of thiophene rings is 1. The van der Waals surface area contributed by atoms with Gasteiger partial charge in [-0.2, -0.15) is 0 Å². The van der Waals surface area contributed by atoms with E-state index in [0.717, 1.165) is 6.42 Å². The summed E-state index contributed by atoms with van der Waals surface area (Å²) in [5.74, 6) is 0. The van der Waals surface area contributed by atoms with Crippen molar-refractivity contribution in [3.05, 3.63) is 34.7 Å². The molecule has 0 aliphatic carbocycles. The van der Waals surface area contributed by atoms with Crippen molar-refractivity contribution in [2.24, 2.45) is 0 Å². The van der Waals surface area contributed by atoms with Crippen LogP contribution < -0.4 is 5.32 Å². The Morgan fingerprint density at radius 3 is 2.87 bits per heavy atom. The van der Waals surface area contributed by atoms with Crippen LogP contribution in [0.3, 0.4) is 0 Å². The zero-order valence-corrected chi connectivity index (χ0v) is 10.3. The molecule has 0 aliphatic rings. The summed E-state index contributed by atoms with van der Waals surface area (Å²) in [7, 11) is 2.01. The lowest BCUT2D eigenvalue weighted by atomic mass is 10.1. The summed E-state index contributed by atoms with van der Waals surface area (Å²) in [6.45, 7) is 4.38. The molecule has 0 aliphatic heterocycles. The van der Waals surface area contributed by atoms with Gasteiger partial charge in [0, 0.05) is 15.6 Å². The van der Waals surface area contributed by atoms with Gasteiger partial charge in [-0.3, -0.25) is 0 Å². The van der Waals surface area contributed by atoms with Gasteiger partial charge < -0.3 is 5.32 Å². The zero-order chi connectivity index (χ0) is 10.8. The molecule has 15 heavy (non-hydrogen) atoms. The van der Waals surface area contributed by atoms with Crippen molar-refractivity contribution in [2.45, 2.75) is 26.3 Å². The highest BCUT2D eigenvalue weighted by Gasteiger charge is 2.03. The third-order valence-electron chi connectivity index (χ3n) is 2.74. The maximum Gasteiger partial charge on any atom is 0.0348 e. The topological polar surface area (TPSA) is 12.0 Å². The molecule has 80 valence electrons. The van der Waals surface area contributed by atoms with Gasteiger partial charge in [0.05, 0.1) is 0 Å². The predicted molar refractivity (Wildman–Crippen MR) is 68.8 cm³/mol. The molecule has 2 aromatic rings. The van der Waals surface area contributed by atoms with Crippen LogP contribution >= 0.6 is 11.3 Å². The number of fused-ring (bicyclic) bond motifs is 1. The lowest BCUT2D eigenvalue weighted by Gasteiger charge is -2.09. The summed E-state index contributed by atoms with van der Waals surface area (Å²) in [4.78, 5) is 1.39. The molecule has 0 radical (unpaired) electrons. The van der Waals surface area contributed by atoms with Gasteiger partial charge in [-0.15, -0.1) is 11.3 Å². The summed E-state index contributed by atoms with van der Waals surface area (Å²) in [5.41, 5.74) is 1.42. The number of nitrogens with one attached hydrogen (secondary N) is 1. The average Bonchev–Trinajstić information content (AvgIpc) is 2.57. The van der Waals surface area contributed by atoms with Crippen molar-refractivity contribution in [3.8, 4) is 0 Å². The van der Waals surface area contributed by atoms with Crippen molar-refractivity contribution in [3.63, 3.8) is 0 Å². The minimum atomic E-state index is 0.545. The second-order valence-electron chi connectivity index (χ2n) is 4.12. The molecule has 0 fully saturated rings. The van der Waals surface area contributed by atoms with Crippen molar-refractivity contribution < 1.29 is 0 Å². The van der Waals surface area contributed by atoms with Crippen LogP contribution in [0, 0.1) is 6.92 Å². The van der Waals surface area contributed by atoms with E-state index in [1.54, 1.807) is 0 Å². The van der Waals surface area contributed by atoms with E-state index in [1.165, 1.54) is 20.5 Å². The van der Waals surface area contributed by atoms with E-state index in [2.05, 4.69) is 43.4 Å². The van der Waals surface area contributed by atoms with E-state index in [9.17, 15) is 0 Å². The van der Waals surface area contributed by atoms with Gasteiger partial charge >= 0.3 is 0 Å². The molecule has 0 saturated heterocycles. The second kappa shape index (κ2) is 4.33. The first kappa shape index (κ1) is 10.7. The Bertz CT molecular complexity index is 459. The van der Waals surface area contributed by atoms with Crippen LogP contribution in [0.15, 0.2) is 24.3 Å². The summed E-state index contributed by atoms with van der Waals surface area (Å²) in [6.07, 6.45) is 1.10. The van der Waals surface area contributed by atoms with E-state index in [-0.39, 0.29) is 0 Å². The highest BCUT2D eigenvalue weighted by Crippen LogP contribution is 2.26. The first-order valence-electron chi connectivity index (χ1n) is 5.35. The van der Waals surface area contributed by atoms with Gasteiger partial charge in [0.1, 0.15) is 0 Å². The summed E-state index contributed by atoms with van der Waals surface area (Å²) in [5, 5.41) is 4.64. The normalized spacial score (nSPS) is 13.3. The molecule has 0 amide bonds. The number of rotatable bonds is 3. The molecule has 2 rings (SSSR count). The molecule has 1 aromatic carbocycles. The molecule has 1 aromatic heterocycles. The number of hydrogen-bond donors (Lipinski definition) is 1. The quantitative estimate of drug-likeness (QED) is 0.834. The van der Waals surface area contributed by atoms with E-state index in [1.807, 2.05) is 18.4 Å². The largest absolute Gasteiger partial charge is 0.317 e. The van der Waals surface area contributed by atoms with E-state index in [4.69, 9.17) is 0 Å². The zero-order valence-electron chi connectivity index (χ0n) is 9.50. The molecule has 1 unspecified atom stereocenters. The molecule has 1 heterocycles. The van der Waals surface area contributed by atoms with Crippen LogP contribution in [0.5, 0.6) is 0 Å². The Labute approximate surface area is 95.1 Å². The minimum Gasteiger partial charge on any atom is -0.317 e. The van der Waals surface area contributed by atoms with Gasteiger partial charge in [0.2, 0.25) is 0 Å². The first-order chi connectivity index (χ1) is 7.19. The highest BCUT2D eigenvalue weighted by molar-refractivity contribution is 7.19. The Morgan fingerprint density at radius 2 is 2.13 bits per heavy atom. The molecule has 1 atom stereocenters. The van der Waals surface area contributed by atoms with Crippen LogP contribution in [0.4, 0.5) is 0 Å². The number of benzene rings is 1. The Balaban J connectivity index is 2.30. The minimum absolute atomic E-state index is 0.545. The molecule has 1 nitrogen and oxygen atoms in total. The van der Waals surface area contributed by atoms with Crippen molar-refractivity contribution in [1.82, 2.24) is 5.32 Å². The number of likely N-dealkylation sites (N-methyl/N-ethyl adjacent to an activating group) is 1. The van der Waals surface area contributed by atoms with Crippen LogP contribution in [-0.4, -0.2) is 13.1 Å². The second-order valence-corrected chi connectivity index (χ2v) is 5.41. The Hall–Kier alpha value is -0.860. The summed E-state index contributed by atoms with van der Waals surface area (Å²) in [6, 6.07) is 9.59. The van der Waals surface area contributed by atoms with E-state index in [0.29, 0.717) is 6.04 Å². The number of aryl methyl sites for hydroxylation is 1. The lowest BCUT2D eigenvalue weighted by molar-refractivity contribution is 0.609. The third-order valence-corrected chi connectivity index (χ3v) is 3.76. The summed E-state index contributed by atoms with van der Waals surface area (Å²) < 4.78 is 1.41. The molecular formula is C13H17NS. The van der Waals surface area contributed by atoms with Crippen molar-refractivity contribution in [1.29, 1.82) is 0 Å². The van der Waals surface area contributed by atoms with Crippen LogP contribution in [-0.2, 0) is 6.42 Å². The standard InChI is InChI=1S/C13H17NS/c1-9(14-3)6-11-4-5-12-7-10(2)15-13(12)8-11/h4-5,7-9,14H,6H2,1-3H3.